The van der Waals surface area contributed by atoms with E-state index in [2.05, 4.69) is 13.8 Å². The van der Waals surface area contributed by atoms with Gasteiger partial charge in [0, 0.05) is 0 Å². The van der Waals surface area contributed by atoms with E-state index in [1.54, 1.807) is 24.3 Å². The summed E-state index contributed by atoms with van der Waals surface area (Å²) in [7, 11) is 0. The molecular formula is C17H26O6. The summed E-state index contributed by atoms with van der Waals surface area (Å²) in [6.45, 7) is 4.42. The molecule has 4 N–H and O–H groups in total. The Balaban J connectivity index is 2.06. The maximum atomic E-state index is 10.1. The molecule has 1 heterocycles. The molecule has 0 radical (unpaired) electrons. The molecule has 1 aromatic carbocycles. The summed E-state index contributed by atoms with van der Waals surface area (Å²) >= 11 is 0. The van der Waals surface area contributed by atoms with Gasteiger partial charge in [0.15, 0.2) is 0 Å². The first-order valence-corrected chi connectivity index (χ1v) is 8.01. The Bertz CT molecular complexity index is 474. The first kappa shape index (κ1) is 18.2. The lowest BCUT2D eigenvalue weighted by molar-refractivity contribution is -0.231. The van der Waals surface area contributed by atoms with Gasteiger partial charge in [0.25, 0.3) is 0 Å². The third-order valence-electron chi connectivity index (χ3n) is 4.33. The number of aliphatic hydroxyl groups is 4. The molecule has 1 saturated heterocycles. The lowest BCUT2D eigenvalue weighted by Gasteiger charge is -2.40. The fourth-order valence-corrected chi connectivity index (χ4v) is 2.49. The highest BCUT2D eigenvalue weighted by atomic mass is 16.5. The summed E-state index contributed by atoms with van der Waals surface area (Å²) in [5.41, 5.74) is 0.651. The Labute approximate surface area is 136 Å². The van der Waals surface area contributed by atoms with Crippen LogP contribution in [-0.4, -0.2) is 58.1 Å². The SMILES string of the molecule is CCC(C)COc1ccc([C@H]2OC(CO)[C@@H](O)C(O)C2O)cc1. The predicted octanol–water partition coefficient (Wildman–Crippen LogP) is 0.626. The molecule has 23 heavy (non-hydrogen) atoms. The summed E-state index contributed by atoms with van der Waals surface area (Å²) in [6, 6.07) is 7.05. The third-order valence-corrected chi connectivity index (χ3v) is 4.33. The van der Waals surface area contributed by atoms with Crippen molar-refractivity contribution in [2.75, 3.05) is 13.2 Å². The molecule has 0 aliphatic carbocycles. The van der Waals surface area contributed by atoms with Gasteiger partial charge in [-0.3, -0.25) is 0 Å². The van der Waals surface area contributed by atoms with Crippen molar-refractivity contribution in [1.82, 2.24) is 0 Å². The van der Waals surface area contributed by atoms with E-state index < -0.39 is 37.1 Å². The van der Waals surface area contributed by atoms with Gasteiger partial charge in [0.1, 0.15) is 36.3 Å². The van der Waals surface area contributed by atoms with Crippen molar-refractivity contribution in [2.24, 2.45) is 5.92 Å². The van der Waals surface area contributed by atoms with Crippen molar-refractivity contribution in [3.63, 3.8) is 0 Å². The monoisotopic (exact) mass is 326 g/mol. The number of benzene rings is 1. The highest BCUT2D eigenvalue weighted by Crippen LogP contribution is 2.33. The topological polar surface area (TPSA) is 99.4 Å². The van der Waals surface area contributed by atoms with Crippen LogP contribution in [0.5, 0.6) is 5.75 Å². The van der Waals surface area contributed by atoms with Crippen molar-refractivity contribution in [1.29, 1.82) is 0 Å². The Kier molecular flexibility index (Phi) is 6.38. The van der Waals surface area contributed by atoms with Crippen LogP contribution in [0.15, 0.2) is 24.3 Å². The molecule has 0 bridgehead atoms. The fraction of sp³-hybridized carbons (Fsp3) is 0.647. The van der Waals surface area contributed by atoms with E-state index in [-0.39, 0.29) is 0 Å². The van der Waals surface area contributed by atoms with E-state index >= 15 is 0 Å². The van der Waals surface area contributed by atoms with Gasteiger partial charge in [0.2, 0.25) is 0 Å². The van der Waals surface area contributed by atoms with Crippen molar-refractivity contribution in [3.05, 3.63) is 29.8 Å². The number of ether oxygens (including phenoxy) is 2. The van der Waals surface area contributed by atoms with Gasteiger partial charge in [-0.1, -0.05) is 32.4 Å². The first-order valence-electron chi connectivity index (χ1n) is 8.01. The molecule has 1 fully saturated rings. The summed E-state index contributed by atoms with van der Waals surface area (Å²) in [5.74, 6) is 1.19. The Morgan fingerprint density at radius 2 is 1.74 bits per heavy atom. The number of rotatable bonds is 6. The molecule has 0 amide bonds. The second-order valence-electron chi connectivity index (χ2n) is 6.14. The molecule has 1 aliphatic heterocycles. The average Bonchev–Trinajstić information content (AvgIpc) is 2.58. The molecule has 1 aromatic rings. The molecule has 6 heteroatoms. The van der Waals surface area contributed by atoms with Crippen molar-refractivity contribution in [2.45, 2.75) is 50.8 Å². The largest absolute Gasteiger partial charge is 0.493 e. The summed E-state index contributed by atoms with van der Waals surface area (Å²) in [5, 5.41) is 39.0. The average molecular weight is 326 g/mol. The quantitative estimate of drug-likeness (QED) is 0.612. The zero-order valence-corrected chi connectivity index (χ0v) is 13.5. The lowest BCUT2D eigenvalue weighted by Crippen LogP contribution is -2.55. The van der Waals surface area contributed by atoms with E-state index in [0.29, 0.717) is 18.1 Å². The Morgan fingerprint density at radius 1 is 1.09 bits per heavy atom. The maximum Gasteiger partial charge on any atom is 0.119 e. The van der Waals surface area contributed by atoms with Crippen LogP contribution in [0.4, 0.5) is 0 Å². The first-order chi connectivity index (χ1) is 11.0. The van der Waals surface area contributed by atoms with Crippen molar-refractivity contribution in [3.8, 4) is 5.75 Å². The van der Waals surface area contributed by atoms with Gasteiger partial charge in [-0.25, -0.2) is 0 Å². The van der Waals surface area contributed by atoms with Crippen LogP contribution in [0.3, 0.4) is 0 Å². The molecule has 0 spiro atoms. The third kappa shape index (κ3) is 4.22. The molecule has 130 valence electrons. The smallest absolute Gasteiger partial charge is 0.119 e. The molecule has 1 aliphatic rings. The summed E-state index contributed by atoms with van der Waals surface area (Å²) in [6.07, 6.45) is -4.65. The van der Waals surface area contributed by atoms with Crippen LogP contribution in [0.1, 0.15) is 31.9 Å². The minimum absolute atomic E-state index is 0.433. The minimum atomic E-state index is -1.37. The molecule has 2 rings (SSSR count). The Hall–Kier alpha value is -1.18. The molecule has 0 saturated carbocycles. The van der Waals surface area contributed by atoms with E-state index in [1.807, 2.05) is 0 Å². The summed E-state index contributed by atoms with van der Waals surface area (Å²) < 4.78 is 11.2. The fourth-order valence-electron chi connectivity index (χ4n) is 2.49. The highest BCUT2D eigenvalue weighted by molar-refractivity contribution is 5.29. The predicted molar refractivity (Wildman–Crippen MR) is 84.1 cm³/mol. The van der Waals surface area contributed by atoms with E-state index in [0.717, 1.165) is 12.2 Å². The second kappa shape index (κ2) is 8.08. The van der Waals surface area contributed by atoms with Gasteiger partial charge in [0.05, 0.1) is 13.2 Å². The molecule has 6 atom stereocenters. The van der Waals surface area contributed by atoms with Crippen LogP contribution in [0, 0.1) is 5.92 Å². The Morgan fingerprint density at radius 3 is 2.30 bits per heavy atom. The zero-order valence-electron chi connectivity index (χ0n) is 13.5. The van der Waals surface area contributed by atoms with Crippen LogP contribution >= 0.6 is 0 Å². The van der Waals surface area contributed by atoms with Crippen LogP contribution in [0.25, 0.3) is 0 Å². The number of hydrogen-bond donors (Lipinski definition) is 4. The number of hydrogen-bond acceptors (Lipinski definition) is 6. The second-order valence-corrected chi connectivity index (χ2v) is 6.14. The van der Waals surface area contributed by atoms with Crippen LogP contribution in [0.2, 0.25) is 0 Å². The van der Waals surface area contributed by atoms with Gasteiger partial charge < -0.3 is 29.9 Å². The zero-order chi connectivity index (χ0) is 17.0. The van der Waals surface area contributed by atoms with Crippen LogP contribution in [-0.2, 0) is 4.74 Å². The van der Waals surface area contributed by atoms with Gasteiger partial charge in [-0.2, -0.15) is 0 Å². The van der Waals surface area contributed by atoms with Crippen molar-refractivity contribution >= 4 is 0 Å². The maximum absolute atomic E-state index is 10.1. The van der Waals surface area contributed by atoms with E-state index in [9.17, 15) is 20.4 Å². The van der Waals surface area contributed by atoms with Gasteiger partial charge in [-0.05, 0) is 23.6 Å². The normalized spacial score (nSPS) is 32.5. The van der Waals surface area contributed by atoms with Crippen LogP contribution < -0.4 is 4.74 Å². The van der Waals surface area contributed by atoms with E-state index in [4.69, 9.17) is 9.47 Å². The molecular weight excluding hydrogens is 300 g/mol. The molecule has 0 aromatic heterocycles. The highest BCUT2D eigenvalue weighted by Gasteiger charge is 2.43. The lowest BCUT2D eigenvalue weighted by atomic mass is 9.91. The van der Waals surface area contributed by atoms with Gasteiger partial charge in [-0.15, -0.1) is 0 Å². The minimum Gasteiger partial charge on any atom is -0.493 e. The van der Waals surface area contributed by atoms with E-state index in [1.165, 1.54) is 0 Å². The van der Waals surface area contributed by atoms with Gasteiger partial charge >= 0.3 is 0 Å². The molecule has 4 unspecified atom stereocenters. The standard InChI is InChI=1S/C17H26O6/c1-3-10(2)9-22-12-6-4-11(5-7-12)17-16(21)15(20)14(19)13(8-18)23-17/h4-7,10,13-21H,3,8-9H2,1-2H3/t10?,13?,14-,15?,16?,17-/m1/s1. The molecule has 6 nitrogen and oxygen atoms in total. The van der Waals surface area contributed by atoms with Crippen molar-refractivity contribution < 1.29 is 29.9 Å². The number of aliphatic hydroxyl groups excluding tert-OH is 4. The summed E-state index contributed by atoms with van der Waals surface area (Å²) in [4.78, 5) is 0.